The summed E-state index contributed by atoms with van der Waals surface area (Å²) in [6, 6.07) is 32.4. The van der Waals surface area contributed by atoms with E-state index in [4.69, 9.17) is 17.2 Å². The average Bonchev–Trinajstić information content (AvgIpc) is 3.63. The van der Waals surface area contributed by atoms with Crippen molar-refractivity contribution in [2.45, 2.75) is 99.3 Å². The Morgan fingerprint density at radius 3 is 1.24 bits per heavy atom. The van der Waals surface area contributed by atoms with Crippen molar-refractivity contribution in [3.63, 3.8) is 0 Å². The molecule has 0 saturated carbocycles. The Kier molecular flexibility index (Phi) is 10.7. The van der Waals surface area contributed by atoms with E-state index in [9.17, 15) is 0 Å². The van der Waals surface area contributed by atoms with E-state index in [2.05, 4.69) is 163 Å². The molecule has 0 saturated heterocycles. The molecule has 0 amide bonds. The van der Waals surface area contributed by atoms with Gasteiger partial charge in [0.25, 0.3) is 0 Å². The monoisotopic (exact) mass is 919 g/mol. The van der Waals surface area contributed by atoms with Crippen LogP contribution in [0.4, 0.5) is 0 Å². The van der Waals surface area contributed by atoms with E-state index < -0.39 is 37.4 Å². The van der Waals surface area contributed by atoms with Crippen LogP contribution < -0.4 is 10.4 Å². The first-order valence-corrected chi connectivity index (χ1v) is 48.1. The fraction of sp³-hybridized carbons (Fsp3) is 0.364. The summed E-state index contributed by atoms with van der Waals surface area (Å²) < 4.78 is 0.259. The van der Waals surface area contributed by atoms with Crippen LogP contribution in [0.1, 0.15) is 69.1 Å². The normalized spacial score (nSPS) is 18.4. The molecule has 0 heterocycles. The standard InChI is InChI=1S/2C21H25Si.C2H7Si.2ClH.Hf/c2*1-5-9-16-14-17-10-8-12-18(20(17)15-16)19-11-6-7-13-21(19)22(2,3)4;1-3-2;;;/h2*6-8,10-15H,5,9H2,1-4H3;3H,1-2H3;2*1H;/q;;;;;+2/p-2. The van der Waals surface area contributed by atoms with Crippen molar-refractivity contribution in [1.82, 2.24) is 0 Å². The average molecular weight is 920 g/mol. The van der Waals surface area contributed by atoms with Crippen LogP contribution in [0.15, 0.2) is 96.1 Å². The summed E-state index contributed by atoms with van der Waals surface area (Å²) in [5.74, 6) is -1.64. The molecule has 2 aliphatic carbocycles. The van der Waals surface area contributed by atoms with Crippen molar-refractivity contribution in [2.24, 2.45) is 0 Å². The zero-order valence-electron chi connectivity index (χ0n) is 32.1. The summed E-state index contributed by atoms with van der Waals surface area (Å²) in [4.78, 5) is 0. The van der Waals surface area contributed by atoms with Crippen LogP contribution in [-0.4, -0.2) is 22.1 Å². The Balaban J connectivity index is 1.62. The van der Waals surface area contributed by atoms with E-state index in [1.165, 1.54) is 66.0 Å². The van der Waals surface area contributed by atoms with Crippen molar-refractivity contribution in [3.8, 4) is 22.3 Å². The third-order valence-corrected chi connectivity index (χ3v) is 88.6. The summed E-state index contributed by atoms with van der Waals surface area (Å²) in [5, 5.41) is 3.04. The Bertz CT molecular complexity index is 1860. The van der Waals surface area contributed by atoms with Crippen molar-refractivity contribution < 1.29 is 15.3 Å². The number of halogens is 2. The van der Waals surface area contributed by atoms with Crippen LogP contribution in [-0.2, 0) is 15.3 Å². The van der Waals surface area contributed by atoms with Crippen molar-refractivity contribution in [2.75, 3.05) is 0 Å². The second kappa shape index (κ2) is 14.0. The van der Waals surface area contributed by atoms with E-state index in [0.717, 1.165) is 25.7 Å². The van der Waals surface area contributed by atoms with Gasteiger partial charge in [0.2, 0.25) is 0 Å². The van der Waals surface area contributed by atoms with E-state index in [0.29, 0.717) is 0 Å². The first-order valence-electron chi connectivity index (χ1n) is 19.0. The quantitative estimate of drug-likeness (QED) is 0.132. The third-order valence-electron chi connectivity index (χ3n) is 11.6. The van der Waals surface area contributed by atoms with Gasteiger partial charge in [-0.1, -0.05) is 0 Å². The molecule has 0 spiro atoms. The molecule has 4 aromatic rings. The molecule has 2 aliphatic rings. The molecule has 0 aromatic heterocycles. The molecule has 0 fully saturated rings. The van der Waals surface area contributed by atoms with Crippen molar-refractivity contribution in [3.05, 3.63) is 118 Å². The van der Waals surface area contributed by atoms with Gasteiger partial charge in [0, 0.05) is 0 Å². The first kappa shape index (κ1) is 38.2. The second-order valence-electron chi connectivity index (χ2n) is 17.4. The predicted octanol–water partition coefficient (Wildman–Crippen LogP) is 13.3. The molecule has 6 rings (SSSR count). The summed E-state index contributed by atoms with van der Waals surface area (Å²) >= 11 is -5.04. The van der Waals surface area contributed by atoms with Gasteiger partial charge in [-0.05, 0) is 0 Å². The number of benzene rings is 4. The summed E-state index contributed by atoms with van der Waals surface area (Å²) in [6.07, 6.45) is 9.37. The SMILES string of the molecule is CCCC1=Cc2c(-c3ccccc3[Si](C)(C)C)cccc2[CH]1[Hf]([Cl])([Cl])([CH]1C(CCC)=Cc2c(-c3ccccc3[Si](C)(C)C)cccc21)[SiH](C)C. The van der Waals surface area contributed by atoms with E-state index in [1.807, 2.05) is 0 Å². The summed E-state index contributed by atoms with van der Waals surface area (Å²) in [5.41, 5.74) is 14.0. The molecule has 2 unspecified atom stereocenters. The maximum absolute atomic E-state index is 8.84. The van der Waals surface area contributed by atoms with E-state index in [-0.39, 0.29) is 7.35 Å². The minimum atomic E-state index is -5.04. The van der Waals surface area contributed by atoms with Gasteiger partial charge in [-0.25, -0.2) is 0 Å². The van der Waals surface area contributed by atoms with Crippen LogP contribution in [0.2, 0.25) is 52.4 Å². The number of rotatable bonds is 11. The Labute approximate surface area is 314 Å². The van der Waals surface area contributed by atoms with Crippen LogP contribution in [0.25, 0.3) is 34.4 Å². The molecule has 2 atom stereocenters. The van der Waals surface area contributed by atoms with Gasteiger partial charge in [0.05, 0.1) is 0 Å². The summed E-state index contributed by atoms with van der Waals surface area (Å²) in [6.45, 7) is 24.4. The molecular weight excluding hydrogens is 862 g/mol. The Hall–Kier alpha value is -1.54. The zero-order valence-corrected chi connectivity index (χ0v) is 40.3. The van der Waals surface area contributed by atoms with Gasteiger partial charge >= 0.3 is 317 Å². The first-order chi connectivity index (χ1) is 23.5. The number of hydrogen-bond donors (Lipinski definition) is 0. The van der Waals surface area contributed by atoms with Gasteiger partial charge in [0.15, 0.2) is 0 Å². The molecule has 50 heavy (non-hydrogen) atoms. The number of hydrogen-bond acceptors (Lipinski definition) is 0. The number of fused-ring (bicyclic) bond motifs is 2. The van der Waals surface area contributed by atoms with E-state index >= 15 is 0 Å². The molecule has 4 aromatic carbocycles. The fourth-order valence-electron chi connectivity index (χ4n) is 9.29. The molecule has 6 heteroatoms. The maximum atomic E-state index is 8.84. The molecule has 263 valence electrons. The zero-order chi connectivity index (χ0) is 36.2. The van der Waals surface area contributed by atoms with E-state index in [1.54, 1.807) is 0 Å². The van der Waals surface area contributed by atoms with Gasteiger partial charge in [-0.15, -0.1) is 0 Å². The summed E-state index contributed by atoms with van der Waals surface area (Å²) in [7, 11) is 14.5. The van der Waals surface area contributed by atoms with Crippen LogP contribution in [0.3, 0.4) is 0 Å². The molecule has 0 bridgehead atoms. The van der Waals surface area contributed by atoms with Crippen LogP contribution >= 0.6 is 17.2 Å². The third kappa shape index (κ3) is 6.40. The van der Waals surface area contributed by atoms with Gasteiger partial charge in [0.1, 0.15) is 0 Å². The van der Waals surface area contributed by atoms with Crippen LogP contribution in [0.5, 0.6) is 0 Å². The second-order valence-corrected chi connectivity index (χ2v) is 86.8. The van der Waals surface area contributed by atoms with Gasteiger partial charge in [-0.2, -0.15) is 0 Å². The number of allylic oxidation sites excluding steroid dienone is 2. The molecular formula is C44H57Cl2HfSi3. The van der Waals surface area contributed by atoms with Gasteiger partial charge < -0.3 is 0 Å². The van der Waals surface area contributed by atoms with Crippen molar-refractivity contribution >= 4 is 61.8 Å². The molecule has 0 nitrogen and oxygen atoms in total. The fourth-order valence-corrected chi connectivity index (χ4v) is 57.1. The predicted molar refractivity (Wildman–Crippen MR) is 232 cm³/mol. The minimum absolute atomic E-state index is 0.130. The molecule has 0 N–H and O–H groups in total. The Morgan fingerprint density at radius 1 is 0.540 bits per heavy atom. The van der Waals surface area contributed by atoms with Crippen LogP contribution in [0, 0.1) is 0 Å². The topological polar surface area (TPSA) is 0 Å². The Morgan fingerprint density at radius 2 is 0.900 bits per heavy atom. The van der Waals surface area contributed by atoms with Gasteiger partial charge in [-0.3, -0.25) is 0 Å². The van der Waals surface area contributed by atoms with Crippen molar-refractivity contribution in [1.29, 1.82) is 0 Å². The molecule has 0 aliphatic heterocycles. The molecule has 0 radical (unpaired) electrons.